The Labute approximate surface area is 99.1 Å². The van der Waals surface area contributed by atoms with Gasteiger partial charge < -0.3 is 5.73 Å². The van der Waals surface area contributed by atoms with E-state index in [9.17, 15) is 4.21 Å². The molecule has 0 radical (unpaired) electrons. The van der Waals surface area contributed by atoms with Crippen molar-refractivity contribution in [3.05, 3.63) is 29.8 Å². The fourth-order valence-corrected chi connectivity index (χ4v) is 3.15. The van der Waals surface area contributed by atoms with E-state index in [1.807, 2.05) is 18.2 Å². The molecule has 1 aromatic rings. The minimum Gasteiger partial charge on any atom is -0.399 e. The molecular formula is C12H18N2OS. The van der Waals surface area contributed by atoms with Crippen molar-refractivity contribution in [2.45, 2.75) is 13.0 Å². The van der Waals surface area contributed by atoms with E-state index in [-0.39, 0.29) is 0 Å². The van der Waals surface area contributed by atoms with Gasteiger partial charge in [0.05, 0.1) is 0 Å². The highest BCUT2D eigenvalue weighted by Gasteiger charge is 2.20. The van der Waals surface area contributed by atoms with Crippen LogP contribution >= 0.6 is 0 Å². The van der Waals surface area contributed by atoms with Gasteiger partial charge in [-0.05, 0) is 24.6 Å². The molecule has 16 heavy (non-hydrogen) atoms. The molecule has 88 valence electrons. The number of hydrogen-bond acceptors (Lipinski definition) is 3. The summed E-state index contributed by atoms with van der Waals surface area (Å²) in [6.07, 6.45) is 0. The molecule has 2 rings (SSSR count). The van der Waals surface area contributed by atoms with E-state index in [0.717, 1.165) is 30.3 Å². The summed E-state index contributed by atoms with van der Waals surface area (Å²) in [5.74, 6) is 1.60. The predicted molar refractivity (Wildman–Crippen MR) is 68.7 cm³/mol. The summed E-state index contributed by atoms with van der Waals surface area (Å²) in [6.45, 7) is 4.02. The van der Waals surface area contributed by atoms with Crippen molar-refractivity contribution < 1.29 is 4.21 Å². The van der Waals surface area contributed by atoms with Gasteiger partial charge in [-0.1, -0.05) is 12.1 Å². The molecule has 1 aliphatic heterocycles. The normalized spacial score (nSPS) is 20.8. The molecule has 0 amide bonds. The summed E-state index contributed by atoms with van der Waals surface area (Å²) in [5, 5.41) is 0. The fraction of sp³-hybridized carbons (Fsp3) is 0.500. The van der Waals surface area contributed by atoms with E-state index in [0.29, 0.717) is 6.04 Å². The topological polar surface area (TPSA) is 46.3 Å². The van der Waals surface area contributed by atoms with E-state index < -0.39 is 10.8 Å². The zero-order chi connectivity index (χ0) is 11.5. The Morgan fingerprint density at radius 2 is 2.06 bits per heavy atom. The fourth-order valence-electron chi connectivity index (χ4n) is 2.07. The second kappa shape index (κ2) is 4.97. The maximum Gasteiger partial charge on any atom is 0.0363 e. The molecule has 1 fully saturated rings. The van der Waals surface area contributed by atoms with Gasteiger partial charge in [0.2, 0.25) is 0 Å². The molecule has 1 heterocycles. The van der Waals surface area contributed by atoms with E-state index >= 15 is 0 Å². The maximum atomic E-state index is 11.3. The summed E-state index contributed by atoms with van der Waals surface area (Å²) in [5.41, 5.74) is 7.83. The van der Waals surface area contributed by atoms with Gasteiger partial charge >= 0.3 is 0 Å². The van der Waals surface area contributed by atoms with E-state index in [1.54, 1.807) is 0 Å². The standard InChI is InChI=1S/C12H18N2OS/c1-10(11-3-2-4-12(13)9-11)14-5-7-16(15)8-6-14/h2-4,9-10H,5-8,13H2,1H3. The summed E-state index contributed by atoms with van der Waals surface area (Å²) < 4.78 is 11.3. The van der Waals surface area contributed by atoms with Crippen molar-refractivity contribution in [3.8, 4) is 0 Å². The molecule has 0 saturated carbocycles. The quantitative estimate of drug-likeness (QED) is 0.792. The summed E-state index contributed by atoms with van der Waals surface area (Å²) in [6, 6.07) is 8.38. The monoisotopic (exact) mass is 238 g/mol. The first-order valence-corrected chi connectivity index (χ1v) is 7.10. The lowest BCUT2D eigenvalue weighted by atomic mass is 10.1. The van der Waals surface area contributed by atoms with Gasteiger partial charge in [0.25, 0.3) is 0 Å². The van der Waals surface area contributed by atoms with Gasteiger partial charge in [-0.2, -0.15) is 0 Å². The van der Waals surface area contributed by atoms with Gasteiger partial charge in [-0.15, -0.1) is 0 Å². The molecule has 0 aromatic heterocycles. The van der Waals surface area contributed by atoms with Crippen molar-refractivity contribution in [3.63, 3.8) is 0 Å². The molecular weight excluding hydrogens is 220 g/mol. The van der Waals surface area contributed by atoms with Gasteiger partial charge in [-0.25, -0.2) is 0 Å². The average molecular weight is 238 g/mol. The zero-order valence-corrected chi connectivity index (χ0v) is 10.4. The predicted octanol–water partition coefficient (Wildman–Crippen LogP) is 1.39. The molecule has 2 N–H and O–H groups in total. The summed E-state index contributed by atoms with van der Waals surface area (Å²) in [4.78, 5) is 2.37. The number of nitrogen functional groups attached to an aromatic ring is 1. The lowest BCUT2D eigenvalue weighted by Gasteiger charge is -2.32. The zero-order valence-electron chi connectivity index (χ0n) is 9.56. The third kappa shape index (κ3) is 2.62. The Hall–Kier alpha value is -0.870. The van der Waals surface area contributed by atoms with Crippen LogP contribution < -0.4 is 5.73 Å². The van der Waals surface area contributed by atoms with Crippen LogP contribution in [0.1, 0.15) is 18.5 Å². The highest BCUT2D eigenvalue weighted by Crippen LogP contribution is 2.22. The van der Waals surface area contributed by atoms with Crippen LogP contribution in [0, 0.1) is 0 Å². The molecule has 1 aliphatic rings. The highest BCUT2D eigenvalue weighted by atomic mass is 32.2. The number of hydrogen-bond donors (Lipinski definition) is 1. The first-order chi connectivity index (χ1) is 7.66. The summed E-state index contributed by atoms with van der Waals surface area (Å²) in [7, 11) is -0.605. The third-order valence-electron chi connectivity index (χ3n) is 3.15. The van der Waals surface area contributed by atoms with Crippen molar-refractivity contribution in [2.75, 3.05) is 30.3 Å². The third-order valence-corrected chi connectivity index (χ3v) is 4.43. The molecule has 1 atom stereocenters. The molecule has 0 aliphatic carbocycles. The molecule has 1 saturated heterocycles. The smallest absolute Gasteiger partial charge is 0.0363 e. The molecule has 3 nitrogen and oxygen atoms in total. The van der Waals surface area contributed by atoms with Crippen LogP contribution in [-0.2, 0) is 10.8 Å². The van der Waals surface area contributed by atoms with E-state index in [2.05, 4.69) is 17.9 Å². The number of benzene rings is 1. The second-order valence-electron chi connectivity index (χ2n) is 4.23. The molecule has 0 spiro atoms. The van der Waals surface area contributed by atoms with Crippen LogP contribution in [0.5, 0.6) is 0 Å². The summed E-state index contributed by atoms with van der Waals surface area (Å²) >= 11 is 0. The first-order valence-electron chi connectivity index (χ1n) is 5.61. The highest BCUT2D eigenvalue weighted by molar-refractivity contribution is 7.85. The number of nitrogens with two attached hydrogens (primary N) is 1. The Balaban J connectivity index is 2.07. The second-order valence-corrected chi connectivity index (χ2v) is 5.93. The Morgan fingerprint density at radius 1 is 1.38 bits per heavy atom. The minimum atomic E-state index is -0.605. The van der Waals surface area contributed by atoms with Crippen LogP contribution in [0.3, 0.4) is 0 Å². The number of nitrogens with zero attached hydrogens (tertiary/aromatic N) is 1. The van der Waals surface area contributed by atoms with Gasteiger partial charge in [0.15, 0.2) is 0 Å². The first kappa shape index (κ1) is 11.6. The number of rotatable bonds is 2. The van der Waals surface area contributed by atoms with Crippen molar-refractivity contribution in [1.29, 1.82) is 0 Å². The van der Waals surface area contributed by atoms with Crippen LogP contribution in [0.25, 0.3) is 0 Å². The van der Waals surface area contributed by atoms with Crippen molar-refractivity contribution in [2.24, 2.45) is 0 Å². The molecule has 1 unspecified atom stereocenters. The minimum absolute atomic E-state index is 0.362. The van der Waals surface area contributed by atoms with Crippen molar-refractivity contribution >= 4 is 16.5 Å². The Bertz CT molecular complexity index is 384. The average Bonchev–Trinajstić information content (AvgIpc) is 2.29. The van der Waals surface area contributed by atoms with Gasteiger partial charge in [-0.3, -0.25) is 9.11 Å². The number of anilines is 1. The lowest BCUT2D eigenvalue weighted by molar-refractivity contribution is 0.231. The van der Waals surface area contributed by atoms with Gasteiger partial charge in [0.1, 0.15) is 0 Å². The van der Waals surface area contributed by atoms with E-state index in [4.69, 9.17) is 5.73 Å². The lowest BCUT2D eigenvalue weighted by Crippen LogP contribution is -2.39. The Morgan fingerprint density at radius 3 is 2.69 bits per heavy atom. The van der Waals surface area contributed by atoms with Crippen LogP contribution in [0.4, 0.5) is 5.69 Å². The molecule has 0 bridgehead atoms. The molecule has 4 heteroatoms. The van der Waals surface area contributed by atoms with Crippen molar-refractivity contribution in [1.82, 2.24) is 4.90 Å². The maximum absolute atomic E-state index is 11.3. The largest absolute Gasteiger partial charge is 0.399 e. The van der Waals surface area contributed by atoms with Crippen LogP contribution in [-0.4, -0.2) is 33.7 Å². The van der Waals surface area contributed by atoms with Crippen LogP contribution in [0.15, 0.2) is 24.3 Å². The molecule has 1 aromatic carbocycles. The van der Waals surface area contributed by atoms with Gasteiger partial charge in [0, 0.05) is 47.1 Å². The Kier molecular flexibility index (Phi) is 3.61. The van der Waals surface area contributed by atoms with Crippen LogP contribution in [0.2, 0.25) is 0 Å². The SMILES string of the molecule is CC(c1cccc(N)c1)N1CCS(=O)CC1. The van der Waals surface area contributed by atoms with E-state index in [1.165, 1.54) is 5.56 Å².